The van der Waals surface area contributed by atoms with E-state index in [0.717, 1.165) is 0 Å². The van der Waals surface area contributed by atoms with Crippen LogP contribution in [0, 0.1) is 0 Å². The van der Waals surface area contributed by atoms with Crippen molar-refractivity contribution in [2.75, 3.05) is 11.9 Å². The zero-order chi connectivity index (χ0) is 20.3. The first-order chi connectivity index (χ1) is 14.8. The molecule has 0 aliphatic heterocycles. The molecular formula is C29H23N. The fourth-order valence-corrected chi connectivity index (χ4v) is 4.02. The highest BCUT2D eigenvalue weighted by atomic mass is 15.1. The number of hydrogen-bond acceptors (Lipinski definition) is 1. The molecule has 0 aliphatic carbocycles. The summed E-state index contributed by atoms with van der Waals surface area (Å²) in [5.74, 6) is 0. The Kier molecular flexibility index (Phi) is 4.78. The molecule has 0 saturated carbocycles. The van der Waals surface area contributed by atoms with Crippen LogP contribution in [0.2, 0.25) is 0 Å². The predicted octanol–water partition coefficient (Wildman–Crippen LogP) is 7.94. The third kappa shape index (κ3) is 3.46. The quantitative estimate of drug-likeness (QED) is 0.303. The van der Waals surface area contributed by atoms with Gasteiger partial charge in [-0.15, -0.1) is 0 Å². The van der Waals surface area contributed by atoms with Crippen molar-refractivity contribution in [2.24, 2.45) is 0 Å². The molecule has 0 N–H and O–H groups in total. The SMILES string of the molecule is CN(c1cccc(-c2ccccc2)c1)c1cc2ccccc2cc1-c1ccccc1. The lowest BCUT2D eigenvalue weighted by atomic mass is 9.98. The van der Waals surface area contributed by atoms with E-state index in [4.69, 9.17) is 0 Å². The fourth-order valence-electron chi connectivity index (χ4n) is 4.02. The van der Waals surface area contributed by atoms with Crippen LogP contribution >= 0.6 is 0 Å². The van der Waals surface area contributed by atoms with Crippen LogP contribution in [0.15, 0.2) is 121 Å². The van der Waals surface area contributed by atoms with Gasteiger partial charge in [-0.25, -0.2) is 0 Å². The number of benzene rings is 5. The van der Waals surface area contributed by atoms with E-state index in [1.54, 1.807) is 0 Å². The molecule has 0 saturated heterocycles. The summed E-state index contributed by atoms with van der Waals surface area (Å²) in [4.78, 5) is 2.29. The van der Waals surface area contributed by atoms with Crippen LogP contribution in [0.25, 0.3) is 33.0 Å². The van der Waals surface area contributed by atoms with Gasteiger partial charge in [-0.05, 0) is 51.7 Å². The number of nitrogens with zero attached hydrogens (tertiary/aromatic N) is 1. The number of anilines is 2. The van der Waals surface area contributed by atoms with Crippen molar-refractivity contribution >= 4 is 22.1 Å². The second kappa shape index (κ2) is 7.88. The van der Waals surface area contributed by atoms with Crippen molar-refractivity contribution in [1.29, 1.82) is 0 Å². The zero-order valence-corrected chi connectivity index (χ0v) is 17.0. The summed E-state index contributed by atoms with van der Waals surface area (Å²) in [6.07, 6.45) is 0. The molecule has 0 unspecified atom stereocenters. The summed E-state index contributed by atoms with van der Waals surface area (Å²) in [5.41, 5.74) is 7.29. The van der Waals surface area contributed by atoms with Gasteiger partial charge in [0.25, 0.3) is 0 Å². The molecule has 30 heavy (non-hydrogen) atoms. The van der Waals surface area contributed by atoms with E-state index in [1.807, 2.05) is 0 Å². The Labute approximate surface area is 177 Å². The Morgan fingerprint density at radius 1 is 0.467 bits per heavy atom. The Morgan fingerprint density at radius 2 is 1.03 bits per heavy atom. The largest absolute Gasteiger partial charge is 0.344 e. The van der Waals surface area contributed by atoms with Crippen molar-refractivity contribution in [1.82, 2.24) is 0 Å². The van der Waals surface area contributed by atoms with Gasteiger partial charge in [0.15, 0.2) is 0 Å². The van der Waals surface area contributed by atoms with E-state index in [1.165, 1.54) is 44.4 Å². The maximum absolute atomic E-state index is 2.30. The van der Waals surface area contributed by atoms with E-state index in [0.29, 0.717) is 0 Å². The molecule has 5 aromatic rings. The molecule has 0 radical (unpaired) electrons. The highest BCUT2D eigenvalue weighted by molar-refractivity contribution is 5.96. The van der Waals surface area contributed by atoms with Crippen molar-refractivity contribution in [3.8, 4) is 22.3 Å². The average Bonchev–Trinajstić information content (AvgIpc) is 2.84. The van der Waals surface area contributed by atoms with E-state index in [9.17, 15) is 0 Å². The van der Waals surface area contributed by atoms with Gasteiger partial charge < -0.3 is 4.90 Å². The van der Waals surface area contributed by atoms with E-state index >= 15 is 0 Å². The third-order valence-corrected chi connectivity index (χ3v) is 5.65. The normalized spacial score (nSPS) is 10.8. The van der Waals surface area contributed by atoms with Crippen molar-refractivity contribution in [3.05, 3.63) is 121 Å². The molecule has 5 aromatic carbocycles. The van der Waals surface area contributed by atoms with Gasteiger partial charge in [0.1, 0.15) is 0 Å². The van der Waals surface area contributed by atoms with Crippen LogP contribution in [-0.2, 0) is 0 Å². The lowest BCUT2D eigenvalue weighted by Gasteiger charge is -2.24. The Balaban J connectivity index is 1.65. The van der Waals surface area contributed by atoms with Crippen LogP contribution in [0.5, 0.6) is 0 Å². The standard InChI is InChI=1S/C29H23N/c1-30(27-18-10-17-24(19-27)22-11-4-2-5-12-22)29-21-26-16-9-8-15-25(26)20-28(29)23-13-6-3-7-14-23/h2-21H,1H3. The van der Waals surface area contributed by atoms with Crippen LogP contribution in [0.1, 0.15) is 0 Å². The average molecular weight is 386 g/mol. The summed E-state index contributed by atoms with van der Waals surface area (Å²) in [5, 5.41) is 2.50. The van der Waals surface area contributed by atoms with Crippen LogP contribution in [-0.4, -0.2) is 7.05 Å². The number of rotatable bonds is 4. The van der Waals surface area contributed by atoms with Crippen LogP contribution in [0.3, 0.4) is 0 Å². The van der Waals surface area contributed by atoms with Gasteiger partial charge in [-0.2, -0.15) is 0 Å². The molecule has 0 heterocycles. The molecule has 144 valence electrons. The lowest BCUT2D eigenvalue weighted by Crippen LogP contribution is -2.11. The summed E-state index contributed by atoms with van der Waals surface area (Å²) in [6, 6.07) is 43.1. The molecule has 0 aromatic heterocycles. The maximum Gasteiger partial charge on any atom is 0.0494 e. The van der Waals surface area contributed by atoms with E-state index in [-0.39, 0.29) is 0 Å². The van der Waals surface area contributed by atoms with Gasteiger partial charge >= 0.3 is 0 Å². The maximum atomic E-state index is 2.30. The minimum absolute atomic E-state index is 1.17. The van der Waals surface area contributed by atoms with E-state index in [2.05, 4.69) is 133 Å². The number of hydrogen-bond donors (Lipinski definition) is 0. The summed E-state index contributed by atoms with van der Waals surface area (Å²) >= 11 is 0. The van der Waals surface area contributed by atoms with Gasteiger partial charge in [-0.3, -0.25) is 0 Å². The second-order valence-corrected chi connectivity index (χ2v) is 7.56. The van der Waals surface area contributed by atoms with Gasteiger partial charge in [0, 0.05) is 24.0 Å². The summed E-state index contributed by atoms with van der Waals surface area (Å²) in [6.45, 7) is 0. The van der Waals surface area contributed by atoms with Crippen LogP contribution in [0.4, 0.5) is 11.4 Å². The van der Waals surface area contributed by atoms with Crippen molar-refractivity contribution in [3.63, 3.8) is 0 Å². The monoisotopic (exact) mass is 385 g/mol. The topological polar surface area (TPSA) is 3.24 Å². The smallest absolute Gasteiger partial charge is 0.0494 e. The summed E-state index contributed by atoms with van der Waals surface area (Å²) in [7, 11) is 2.15. The minimum atomic E-state index is 1.17. The molecule has 5 rings (SSSR count). The third-order valence-electron chi connectivity index (χ3n) is 5.65. The van der Waals surface area contributed by atoms with Gasteiger partial charge in [0.05, 0.1) is 0 Å². The molecule has 0 atom stereocenters. The molecule has 0 aliphatic rings. The molecule has 0 fully saturated rings. The van der Waals surface area contributed by atoms with E-state index < -0.39 is 0 Å². The first-order valence-electron chi connectivity index (χ1n) is 10.3. The van der Waals surface area contributed by atoms with Crippen molar-refractivity contribution < 1.29 is 0 Å². The molecule has 1 nitrogen and oxygen atoms in total. The Morgan fingerprint density at radius 3 is 1.73 bits per heavy atom. The lowest BCUT2D eigenvalue weighted by molar-refractivity contribution is 1.21. The zero-order valence-electron chi connectivity index (χ0n) is 17.0. The van der Waals surface area contributed by atoms with Gasteiger partial charge in [0.2, 0.25) is 0 Å². The van der Waals surface area contributed by atoms with Gasteiger partial charge in [-0.1, -0.05) is 97.1 Å². The molecule has 0 bridgehead atoms. The highest BCUT2D eigenvalue weighted by Gasteiger charge is 2.13. The predicted molar refractivity (Wildman–Crippen MR) is 129 cm³/mol. The summed E-state index contributed by atoms with van der Waals surface area (Å²) < 4.78 is 0. The molecule has 0 amide bonds. The van der Waals surface area contributed by atoms with Crippen molar-refractivity contribution in [2.45, 2.75) is 0 Å². The molecular weight excluding hydrogens is 362 g/mol. The Bertz CT molecular complexity index is 1290. The number of fused-ring (bicyclic) bond motifs is 1. The first kappa shape index (κ1) is 18.2. The minimum Gasteiger partial charge on any atom is -0.344 e. The second-order valence-electron chi connectivity index (χ2n) is 7.56. The van der Waals surface area contributed by atoms with Crippen LogP contribution < -0.4 is 4.90 Å². The molecule has 1 heteroatoms. The Hall–Kier alpha value is -3.84. The first-order valence-corrected chi connectivity index (χ1v) is 10.3. The fraction of sp³-hybridized carbons (Fsp3) is 0.0345. The highest BCUT2D eigenvalue weighted by Crippen LogP contribution is 2.38. The molecule has 0 spiro atoms.